The monoisotopic (exact) mass is 714 g/mol. The first-order valence-electron chi connectivity index (χ1n) is 19.6. The second-order valence-electron chi connectivity index (χ2n) is 14.9. The first-order chi connectivity index (χ1) is 27.8. The van der Waals surface area contributed by atoms with Gasteiger partial charge in [0.15, 0.2) is 0 Å². The van der Waals surface area contributed by atoms with Crippen molar-refractivity contribution in [1.29, 1.82) is 0 Å². The number of allylic oxidation sites excluding steroid dienone is 1. The highest BCUT2D eigenvalue weighted by Crippen LogP contribution is 2.52. The molecular weight excluding hydrogens is 677 g/mol. The van der Waals surface area contributed by atoms with Gasteiger partial charge >= 0.3 is 0 Å². The van der Waals surface area contributed by atoms with Crippen molar-refractivity contribution in [3.05, 3.63) is 211 Å². The van der Waals surface area contributed by atoms with Crippen LogP contribution in [0.4, 0.5) is 34.1 Å². The number of hydrogen-bond donors (Lipinski definition) is 0. The van der Waals surface area contributed by atoms with E-state index in [2.05, 4.69) is 216 Å². The van der Waals surface area contributed by atoms with E-state index in [9.17, 15) is 0 Å². The van der Waals surface area contributed by atoms with Crippen LogP contribution in [0.1, 0.15) is 17.5 Å². The maximum atomic E-state index is 2.53. The van der Waals surface area contributed by atoms with Crippen LogP contribution in [0, 0.1) is 0 Å². The summed E-state index contributed by atoms with van der Waals surface area (Å²) in [6.45, 7) is 0. The van der Waals surface area contributed by atoms with E-state index in [0.717, 1.165) is 35.6 Å². The number of anilines is 6. The molecule has 0 atom stereocenters. The van der Waals surface area contributed by atoms with Crippen molar-refractivity contribution in [2.24, 2.45) is 0 Å². The Bertz CT molecular complexity index is 3010. The number of nitrogens with zero attached hydrogens (tertiary/aromatic N) is 2. The predicted octanol–water partition coefficient (Wildman–Crippen LogP) is 15.4. The molecule has 0 saturated carbocycles. The van der Waals surface area contributed by atoms with Gasteiger partial charge in [0.2, 0.25) is 0 Å². The summed E-state index contributed by atoms with van der Waals surface area (Å²) >= 11 is 0. The molecule has 0 spiro atoms. The molecule has 0 fully saturated rings. The van der Waals surface area contributed by atoms with E-state index < -0.39 is 0 Å². The minimum absolute atomic E-state index is 0.931. The van der Waals surface area contributed by atoms with Gasteiger partial charge in [0, 0.05) is 39.1 Å². The smallest absolute Gasteiger partial charge is 0.0616 e. The molecule has 0 aromatic heterocycles. The van der Waals surface area contributed by atoms with Gasteiger partial charge in [-0.05, 0) is 110 Å². The Morgan fingerprint density at radius 3 is 1.07 bits per heavy atom. The molecule has 0 aliphatic heterocycles. The van der Waals surface area contributed by atoms with Gasteiger partial charge in [0.1, 0.15) is 0 Å². The Morgan fingerprint density at radius 1 is 0.321 bits per heavy atom. The number of benzene rings is 10. The van der Waals surface area contributed by atoms with Crippen LogP contribution >= 0.6 is 0 Å². The maximum absolute atomic E-state index is 2.53. The van der Waals surface area contributed by atoms with E-state index in [1.54, 1.807) is 0 Å². The molecule has 0 radical (unpaired) electrons. The third-order valence-electron chi connectivity index (χ3n) is 11.6. The van der Waals surface area contributed by atoms with E-state index >= 15 is 0 Å². The van der Waals surface area contributed by atoms with Crippen molar-refractivity contribution >= 4 is 94.1 Å². The SMILES string of the molecule is C1=Cc2c(c(N(c3ccc4ccccc4c3)c3ccc4ccccc4c3)c3ccccc3c2N(c2ccc3ccccc3c2)c2ccc3ccccc3c2)CC1. The topological polar surface area (TPSA) is 6.48 Å². The van der Waals surface area contributed by atoms with Crippen LogP contribution < -0.4 is 9.80 Å². The second kappa shape index (κ2) is 13.3. The van der Waals surface area contributed by atoms with Crippen molar-refractivity contribution in [3.63, 3.8) is 0 Å². The fourth-order valence-electron chi connectivity index (χ4n) is 8.91. The molecule has 264 valence electrons. The molecule has 56 heavy (non-hydrogen) atoms. The summed E-state index contributed by atoms with van der Waals surface area (Å²) in [5.74, 6) is 0. The van der Waals surface area contributed by atoms with E-state index in [1.165, 1.54) is 76.4 Å². The van der Waals surface area contributed by atoms with E-state index in [0.29, 0.717) is 0 Å². The van der Waals surface area contributed by atoms with Gasteiger partial charge in [-0.3, -0.25) is 0 Å². The molecule has 11 rings (SSSR count). The van der Waals surface area contributed by atoms with Gasteiger partial charge in [-0.1, -0.05) is 158 Å². The van der Waals surface area contributed by atoms with E-state index in [1.807, 2.05) is 0 Å². The van der Waals surface area contributed by atoms with Crippen LogP contribution in [-0.2, 0) is 6.42 Å². The van der Waals surface area contributed by atoms with Crippen LogP contribution in [0.25, 0.3) is 59.9 Å². The average Bonchev–Trinajstić information content (AvgIpc) is 3.27. The molecule has 10 aromatic rings. The second-order valence-corrected chi connectivity index (χ2v) is 14.9. The number of hydrogen-bond acceptors (Lipinski definition) is 2. The highest BCUT2D eigenvalue weighted by atomic mass is 15.2. The molecular formula is C54H38N2. The van der Waals surface area contributed by atoms with Crippen molar-refractivity contribution in [3.8, 4) is 0 Å². The standard InChI is InChI=1S/C54H38N2/c1-5-17-41-33-45(29-25-37(41)13-1)55(46-30-26-38-14-2-6-18-42(38)34-46)53-49-21-9-11-23-51(49)54(52-24-12-10-22-50(52)53)56(47-31-27-39-15-3-7-19-43(39)35-47)48-32-28-40-16-4-8-20-44(40)36-48/h1-11,13-23,25-36H,12,24H2. The van der Waals surface area contributed by atoms with Crippen LogP contribution in [0.5, 0.6) is 0 Å². The lowest BCUT2D eigenvalue weighted by molar-refractivity contribution is 0.981. The van der Waals surface area contributed by atoms with Crippen molar-refractivity contribution in [1.82, 2.24) is 0 Å². The summed E-state index contributed by atoms with van der Waals surface area (Å²) < 4.78 is 0. The number of fused-ring (bicyclic) bond motifs is 6. The molecule has 2 nitrogen and oxygen atoms in total. The lowest BCUT2D eigenvalue weighted by Gasteiger charge is -2.35. The lowest BCUT2D eigenvalue weighted by Crippen LogP contribution is -2.18. The quantitative estimate of drug-likeness (QED) is 0.158. The van der Waals surface area contributed by atoms with E-state index in [4.69, 9.17) is 0 Å². The zero-order valence-electron chi connectivity index (χ0n) is 30.9. The fraction of sp³-hybridized carbons (Fsp3) is 0.0370. The van der Waals surface area contributed by atoms with Crippen LogP contribution in [0.2, 0.25) is 0 Å². The summed E-state index contributed by atoms with van der Waals surface area (Å²) in [4.78, 5) is 5.04. The van der Waals surface area contributed by atoms with Gasteiger partial charge in [-0.25, -0.2) is 0 Å². The maximum Gasteiger partial charge on any atom is 0.0616 e. The normalized spacial score (nSPS) is 12.4. The molecule has 0 saturated heterocycles. The predicted molar refractivity (Wildman–Crippen MR) is 241 cm³/mol. The zero-order chi connectivity index (χ0) is 37.0. The first-order valence-corrected chi connectivity index (χ1v) is 19.6. The molecule has 1 aliphatic rings. The van der Waals surface area contributed by atoms with Crippen molar-refractivity contribution in [2.75, 3.05) is 9.80 Å². The highest BCUT2D eigenvalue weighted by Gasteiger charge is 2.29. The van der Waals surface area contributed by atoms with Crippen LogP contribution in [0.15, 0.2) is 200 Å². The summed E-state index contributed by atoms with van der Waals surface area (Å²) in [5, 5.41) is 12.3. The lowest BCUT2D eigenvalue weighted by atomic mass is 9.87. The van der Waals surface area contributed by atoms with Gasteiger partial charge in [-0.15, -0.1) is 0 Å². The minimum Gasteiger partial charge on any atom is -0.310 e. The number of rotatable bonds is 6. The third kappa shape index (κ3) is 5.41. The summed E-state index contributed by atoms with van der Waals surface area (Å²) in [5.41, 5.74) is 9.64. The molecule has 2 heteroatoms. The fourth-order valence-corrected chi connectivity index (χ4v) is 8.91. The largest absolute Gasteiger partial charge is 0.310 e. The molecule has 0 unspecified atom stereocenters. The Hall–Kier alpha value is -7.16. The summed E-state index contributed by atoms with van der Waals surface area (Å²) in [6, 6.07) is 71.4. The third-order valence-corrected chi connectivity index (χ3v) is 11.6. The molecule has 0 amide bonds. The van der Waals surface area contributed by atoms with Crippen molar-refractivity contribution < 1.29 is 0 Å². The Morgan fingerprint density at radius 2 is 0.661 bits per heavy atom. The Balaban J connectivity index is 1.23. The molecule has 0 heterocycles. The molecule has 1 aliphatic carbocycles. The zero-order valence-corrected chi connectivity index (χ0v) is 30.9. The minimum atomic E-state index is 0.931. The highest BCUT2D eigenvalue weighted by molar-refractivity contribution is 6.13. The molecule has 0 N–H and O–H groups in total. The Labute approximate surface area is 326 Å². The van der Waals surface area contributed by atoms with Gasteiger partial charge < -0.3 is 9.80 Å². The van der Waals surface area contributed by atoms with Gasteiger partial charge in [0.05, 0.1) is 11.4 Å². The van der Waals surface area contributed by atoms with E-state index in [-0.39, 0.29) is 0 Å². The first kappa shape index (κ1) is 32.3. The summed E-state index contributed by atoms with van der Waals surface area (Å²) in [6.07, 6.45) is 6.66. The van der Waals surface area contributed by atoms with Crippen molar-refractivity contribution in [2.45, 2.75) is 12.8 Å². The van der Waals surface area contributed by atoms with Crippen LogP contribution in [-0.4, -0.2) is 0 Å². The van der Waals surface area contributed by atoms with Gasteiger partial charge in [0.25, 0.3) is 0 Å². The average molecular weight is 715 g/mol. The van der Waals surface area contributed by atoms with Gasteiger partial charge in [-0.2, -0.15) is 0 Å². The summed E-state index contributed by atoms with van der Waals surface area (Å²) in [7, 11) is 0. The molecule has 0 bridgehead atoms. The molecule has 10 aromatic carbocycles. The Kier molecular flexibility index (Phi) is 7.67. The van der Waals surface area contributed by atoms with Crippen LogP contribution in [0.3, 0.4) is 0 Å².